The quantitative estimate of drug-likeness (QED) is 0.939. The number of nitrogens with zero attached hydrogens (tertiary/aromatic N) is 3. The van der Waals surface area contributed by atoms with E-state index in [0.29, 0.717) is 17.3 Å². The van der Waals surface area contributed by atoms with Gasteiger partial charge in [-0.05, 0) is 31.0 Å². The Bertz CT molecular complexity index is 674. The maximum atomic E-state index is 11.8. The number of carbonyl (C=O) groups excluding carboxylic acids is 1. The topological polar surface area (TPSA) is 58.1 Å². The largest absolute Gasteiger partial charge is 0.362 e. The standard InChI is InChI=1S/C16H17ClN4O/c1-11(20-16-14(17)9-18-10-19-16)12-4-6-13(7-5-12)21-8-2-3-15(21)22/h4-7,9-11H,2-3,8H2,1H3,(H,18,19,20). The molecule has 1 aliphatic heterocycles. The number of halogens is 1. The summed E-state index contributed by atoms with van der Waals surface area (Å²) in [7, 11) is 0. The molecule has 0 saturated carbocycles. The maximum Gasteiger partial charge on any atom is 0.227 e. The van der Waals surface area contributed by atoms with Crippen molar-refractivity contribution >= 4 is 29.0 Å². The molecular weight excluding hydrogens is 300 g/mol. The average Bonchev–Trinajstić information content (AvgIpc) is 2.96. The number of hydrogen-bond donors (Lipinski definition) is 1. The van der Waals surface area contributed by atoms with Gasteiger partial charge < -0.3 is 10.2 Å². The minimum Gasteiger partial charge on any atom is -0.362 e. The first-order valence-corrected chi connectivity index (χ1v) is 7.65. The summed E-state index contributed by atoms with van der Waals surface area (Å²) in [6, 6.07) is 8.06. The van der Waals surface area contributed by atoms with Gasteiger partial charge in [0.15, 0.2) is 0 Å². The predicted molar refractivity (Wildman–Crippen MR) is 87.1 cm³/mol. The molecule has 5 nitrogen and oxygen atoms in total. The Kier molecular flexibility index (Phi) is 4.24. The molecule has 1 aromatic carbocycles. The normalized spacial score (nSPS) is 15.9. The molecule has 0 aliphatic carbocycles. The van der Waals surface area contributed by atoms with Crippen LogP contribution in [0.3, 0.4) is 0 Å². The van der Waals surface area contributed by atoms with Crippen molar-refractivity contribution < 1.29 is 4.79 Å². The highest BCUT2D eigenvalue weighted by Gasteiger charge is 2.21. The second-order valence-corrected chi connectivity index (χ2v) is 5.73. The smallest absolute Gasteiger partial charge is 0.227 e. The Morgan fingerprint density at radius 2 is 2.09 bits per heavy atom. The molecule has 3 rings (SSSR count). The van der Waals surface area contributed by atoms with Gasteiger partial charge in [0.1, 0.15) is 17.2 Å². The highest BCUT2D eigenvalue weighted by atomic mass is 35.5. The molecule has 6 heteroatoms. The van der Waals surface area contributed by atoms with Crippen molar-refractivity contribution in [1.29, 1.82) is 0 Å². The molecule has 114 valence electrons. The Hall–Kier alpha value is -2.14. The van der Waals surface area contributed by atoms with Crippen LogP contribution in [-0.2, 0) is 4.79 Å². The minimum atomic E-state index is 0.0516. The SMILES string of the molecule is CC(Nc1ncncc1Cl)c1ccc(N2CCCC2=O)cc1. The molecule has 1 aromatic heterocycles. The van der Waals surface area contributed by atoms with E-state index in [9.17, 15) is 4.79 Å². The monoisotopic (exact) mass is 316 g/mol. The highest BCUT2D eigenvalue weighted by Crippen LogP contribution is 2.26. The van der Waals surface area contributed by atoms with Gasteiger partial charge in [-0.3, -0.25) is 4.79 Å². The minimum absolute atomic E-state index is 0.0516. The lowest BCUT2D eigenvalue weighted by Gasteiger charge is -2.19. The molecule has 1 amide bonds. The first-order chi connectivity index (χ1) is 10.6. The Balaban J connectivity index is 1.72. The van der Waals surface area contributed by atoms with E-state index < -0.39 is 0 Å². The molecule has 1 saturated heterocycles. The summed E-state index contributed by atoms with van der Waals surface area (Å²) in [5.41, 5.74) is 2.06. The zero-order valence-electron chi connectivity index (χ0n) is 12.3. The van der Waals surface area contributed by atoms with E-state index in [2.05, 4.69) is 15.3 Å². The number of anilines is 2. The fraction of sp³-hybridized carbons (Fsp3) is 0.312. The Morgan fingerprint density at radius 1 is 1.32 bits per heavy atom. The number of benzene rings is 1. The summed E-state index contributed by atoms with van der Waals surface area (Å²) in [5.74, 6) is 0.814. The van der Waals surface area contributed by atoms with E-state index in [1.54, 1.807) is 6.20 Å². The van der Waals surface area contributed by atoms with Crippen LogP contribution in [0.5, 0.6) is 0 Å². The van der Waals surface area contributed by atoms with E-state index in [-0.39, 0.29) is 11.9 Å². The lowest BCUT2D eigenvalue weighted by molar-refractivity contribution is -0.117. The first kappa shape index (κ1) is 14.8. The summed E-state index contributed by atoms with van der Waals surface area (Å²) < 4.78 is 0. The number of carbonyl (C=O) groups is 1. The van der Waals surface area contributed by atoms with Gasteiger partial charge in [-0.15, -0.1) is 0 Å². The van der Waals surface area contributed by atoms with Crippen molar-refractivity contribution in [2.75, 3.05) is 16.8 Å². The summed E-state index contributed by atoms with van der Waals surface area (Å²) in [4.78, 5) is 21.6. The Morgan fingerprint density at radius 3 is 2.73 bits per heavy atom. The number of aromatic nitrogens is 2. The lowest BCUT2D eigenvalue weighted by Crippen LogP contribution is -2.23. The molecule has 1 fully saturated rings. The number of nitrogens with one attached hydrogen (secondary N) is 1. The van der Waals surface area contributed by atoms with Gasteiger partial charge in [0.25, 0.3) is 0 Å². The van der Waals surface area contributed by atoms with Crippen molar-refractivity contribution in [2.24, 2.45) is 0 Å². The number of hydrogen-bond acceptors (Lipinski definition) is 4. The molecule has 2 heterocycles. The van der Waals surface area contributed by atoms with Gasteiger partial charge in [0, 0.05) is 24.7 Å². The molecule has 0 bridgehead atoms. The summed E-state index contributed by atoms with van der Waals surface area (Å²) in [6.45, 7) is 2.84. The van der Waals surface area contributed by atoms with Crippen LogP contribution in [0, 0.1) is 0 Å². The van der Waals surface area contributed by atoms with Crippen molar-refractivity contribution in [3.8, 4) is 0 Å². The third-order valence-corrected chi connectivity index (χ3v) is 4.08. The second-order valence-electron chi connectivity index (χ2n) is 5.33. The van der Waals surface area contributed by atoms with E-state index in [0.717, 1.165) is 24.2 Å². The van der Waals surface area contributed by atoms with Crippen LogP contribution < -0.4 is 10.2 Å². The van der Waals surface area contributed by atoms with E-state index in [4.69, 9.17) is 11.6 Å². The van der Waals surface area contributed by atoms with Crippen molar-refractivity contribution in [2.45, 2.75) is 25.8 Å². The molecule has 0 radical (unpaired) electrons. The third kappa shape index (κ3) is 3.04. The maximum absolute atomic E-state index is 11.8. The van der Waals surface area contributed by atoms with E-state index in [1.165, 1.54) is 6.33 Å². The average molecular weight is 317 g/mol. The van der Waals surface area contributed by atoms with Gasteiger partial charge in [0.05, 0.1) is 6.20 Å². The molecule has 1 aliphatic rings. The van der Waals surface area contributed by atoms with Crippen LogP contribution in [0.2, 0.25) is 5.02 Å². The van der Waals surface area contributed by atoms with Gasteiger partial charge in [0.2, 0.25) is 5.91 Å². The van der Waals surface area contributed by atoms with Crippen LogP contribution in [0.15, 0.2) is 36.8 Å². The van der Waals surface area contributed by atoms with Crippen LogP contribution in [0.4, 0.5) is 11.5 Å². The molecular formula is C16H17ClN4O. The fourth-order valence-corrected chi connectivity index (χ4v) is 2.73. The van der Waals surface area contributed by atoms with Gasteiger partial charge in [-0.2, -0.15) is 0 Å². The van der Waals surface area contributed by atoms with Gasteiger partial charge >= 0.3 is 0 Å². The summed E-state index contributed by atoms with van der Waals surface area (Å²) >= 11 is 6.05. The predicted octanol–water partition coefficient (Wildman–Crippen LogP) is 3.43. The fourth-order valence-electron chi connectivity index (χ4n) is 2.57. The molecule has 0 spiro atoms. The number of amides is 1. The van der Waals surface area contributed by atoms with Crippen LogP contribution in [0.1, 0.15) is 31.4 Å². The molecule has 1 unspecified atom stereocenters. The van der Waals surface area contributed by atoms with E-state index >= 15 is 0 Å². The Labute approximate surface area is 134 Å². The first-order valence-electron chi connectivity index (χ1n) is 7.27. The van der Waals surface area contributed by atoms with Gasteiger partial charge in [-0.1, -0.05) is 23.7 Å². The van der Waals surface area contributed by atoms with Crippen LogP contribution >= 0.6 is 11.6 Å². The molecule has 1 N–H and O–H groups in total. The molecule has 1 atom stereocenters. The summed E-state index contributed by atoms with van der Waals surface area (Å²) in [5, 5.41) is 3.75. The van der Waals surface area contributed by atoms with Crippen LogP contribution in [-0.4, -0.2) is 22.4 Å². The van der Waals surface area contributed by atoms with Crippen molar-refractivity contribution in [1.82, 2.24) is 9.97 Å². The molecule has 22 heavy (non-hydrogen) atoms. The van der Waals surface area contributed by atoms with E-state index in [1.807, 2.05) is 36.1 Å². The zero-order chi connectivity index (χ0) is 15.5. The lowest BCUT2D eigenvalue weighted by atomic mass is 10.1. The number of rotatable bonds is 4. The molecule has 2 aromatic rings. The van der Waals surface area contributed by atoms with Crippen LogP contribution in [0.25, 0.3) is 0 Å². The van der Waals surface area contributed by atoms with Crippen molar-refractivity contribution in [3.63, 3.8) is 0 Å². The van der Waals surface area contributed by atoms with Gasteiger partial charge in [-0.25, -0.2) is 9.97 Å². The zero-order valence-corrected chi connectivity index (χ0v) is 13.0. The third-order valence-electron chi connectivity index (χ3n) is 3.80. The highest BCUT2D eigenvalue weighted by molar-refractivity contribution is 6.32. The van der Waals surface area contributed by atoms with Crippen molar-refractivity contribution in [3.05, 3.63) is 47.4 Å². The second kappa shape index (κ2) is 6.32. The summed E-state index contributed by atoms with van der Waals surface area (Å²) in [6.07, 6.45) is 4.60.